The molecular formula is C15H11ClN4O6. The first-order valence-electron chi connectivity index (χ1n) is 7.00. The molecule has 0 spiro atoms. The Morgan fingerprint density at radius 1 is 0.962 bits per heavy atom. The molecule has 0 atom stereocenters. The van der Waals surface area contributed by atoms with Crippen molar-refractivity contribution in [3.8, 4) is 0 Å². The van der Waals surface area contributed by atoms with Gasteiger partial charge in [-0.25, -0.2) is 0 Å². The molecule has 2 aromatic rings. The zero-order valence-electron chi connectivity index (χ0n) is 13.2. The highest BCUT2D eigenvalue weighted by Gasteiger charge is 2.26. The minimum atomic E-state index is -0.908. The van der Waals surface area contributed by atoms with Crippen molar-refractivity contribution in [3.63, 3.8) is 0 Å². The van der Waals surface area contributed by atoms with Gasteiger partial charge in [0.25, 0.3) is 17.3 Å². The smallest absolute Gasteiger partial charge is 0.295 e. The number of hydrogen-bond donors (Lipinski definition) is 2. The molecule has 2 N–H and O–H groups in total. The van der Waals surface area contributed by atoms with Crippen molar-refractivity contribution >= 4 is 46.2 Å². The van der Waals surface area contributed by atoms with Crippen molar-refractivity contribution in [2.45, 2.75) is 6.92 Å². The number of non-ortho nitro benzene ring substituents is 1. The van der Waals surface area contributed by atoms with E-state index < -0.39 is 37.7 Å². The SMILES string of the molecule is CC(=O)Nc1ccc(NC(=O)c2cc([N+](=O)[O-])cc([N+](=O)[O-])c2Cl)cc1. The molecule has 0 bridgehead atoms. The first kappa shape index (κ1) is 18.8. The van der Waals surface area contributed by atoms with Gasteiger partial charge in [-0.3, -0.25) is 29.8 Å². The Morgan fingerprint density at radius 2 is 1.50 bits per heavy atom. The third-order valence-corrected chi connectivity index (χ3v) is 3.55. The Labute approximate surface area is 151 Å². The summed E-state index contributed by atoms with van der Waals surface area (Å²) in [6.07, 6.45) is 0. The number of benzene rings is 2. The van der Waals surface area contributed by atoms with Gasteiger partial charge in [0.2, 0.25) is 5.91 Å². The predicted octanol–water partition coefficient (Wildman–Crippen LogP) is 3.37. The summed E-state index contributed by atoms with van der Waals surface area (Å²) < 4.78 is 0. The lowest BCUT2D eigenvalue weighted by Gasteiger charge is -2.08. The van der Waals surface area contributed by atoms with Crippen LogP contribution < -0.4 is 10.6 Å². The van der Waals surface area contributed by atoms with Gasteiger partial charge in [-0.05, 0) is 24.3 Å². The van der Waals surface area contributed by atoms with Crippen LogP contribution in [-0.4, -0.2) is 21.7 Å². The molecule has 0 aromatic heterocycles. The van der Waals surface area contributed by atoms with Gasteiger partial charge in [-0.2, -0.15) is 0 Å². The molecule has 11 heteroatoms. The van der Waals surface area contributed by atoms with Crippen molar-refractivity contribution in [3.05, 3.63) is 67.2 Å². The molecular weight excluding hydrogens is 368 g/mol. The molecule has 26 heavy (non-hydrogen) atoms. The van der Waals surface area contributed by atoms with Gasteiger partial charge < -0.3 is 10.6 Å². The highest BCUT2D eigenvalue weighted by molar-refractivity contribution is 6.36. The number of carbonyl (C=O) groups excluding carboxylic acids is 2. The summed E-state index contributed by atoms with van der Waals surface area (Å²) in [5.41, 5.74) is -0.980. The monoisotopic (exact) mass is 378 g/mol. The number of carbonyl (C=O) groups is 2. The molecule has 0 heterocycles. The van der Waals surface area contributed by atoms with Crippen LogP contribution in [0, 0.1) is 20.2 Å². The molecule has 0 unspecified atom stereocenters. The summed E-state index contributed by atoms with van der Waals surface area (Å²) in [5, 5.41) is 26.4. The maximum Gasteiger partial charge on any atom is 0.295 e. The van der Waals surface area contributed by atoms with Crippen molar-refractivity contribution in [1.29, 1.82) is 0 Å². The van der Waals surface area contributed by atoms with Crippen LogP contribution in [0.3, 0.4) is 0 Å². The zero-order chi connectivity index (χ0) is 19.4. The van der Waals surface area contributed by atoms with Crippen LogP contribution >= 0.6 is 11.6 Å². The highest BCUT2D eigenvalue weighted by atomic mass is 35.5. The first-order valence-corrected chi connectivity index (χ1v) is 7.38. The van der Waals surface area contributed by atoms with Crippen LogP contribution in [0.5, 0.6) is 0 Å². The molecule has 0 fully saturated rings. The number of nitro benzene ring substituents is 2. The molecule has 0 saturated carbocycles. The highest BCUT2D eigenvalue weighted by Crippen LogP contribution is 2.33. The van der Waals surface area contributed by atoms with Crippen LogP contribution in [0.15, 0.2) is 36.4 Å². The number of nitrogens with zero attached hydrogens (tertiary/aromatic N) is 2. The fourth-order valence-corrected chi connectivity index (χ4v) is 2.30. The van der Waals surface area contributed by atoms with Gasteiger partial charge in [0.1, 0.15) is 5.02 Å². The Balaban J connectivity index is 2.33. The number of amides is 2. The summed E-state index contributed by atoms with van der Waals surface area (Å²) in [6.45, 7) is 1.34. The molecule has 2 amide bonds. The zero-order valence-corrected chi connectivity index (χ0v) is 13.9. The summed E-state index contributed by atoms with van der Waals surface area (Å²) in [7, 11) is 0. The molecule has 10 nitrogen and oxygen atoms in total. The fourth-order valence-electron chi connectivity index (χ4n) is 2.04. The number of anilines is 2. The van der Waals surface area contributed by atoms with E-state index in [2.05, 4.69) is 10.6 Å². The summed E-state index contributed by atoms with van der Waals surface area (Å²) in [6, 6.07) is 7.53. The molecule has 2 aromatic carbocycles. The lowest BCUT2D eigenvalue weighted by molar-refractivity contribution is -0.394. The molecule has 134 valence electrons. The van der Waals surface area contributed by atoms with Crippen molar-refractivity contribution in [1.82, 2.24) is 0 Å². The van der Waals surface area contributed by atoms with E-state index in [0.717, 1.165) is 6.07 Å². The Hall–Kier alpha value is -3.53. The normalized spacial score (nSPS) is 10.1. The van der Waals surface area contributed by atoms with Crippen molar-refractivity contribution < 1.29 is 19.4 Å². The largest absolute Gasteiger partial charge is 0.326 e. The summed E-state index contributed by atoms with van der Waals surface area (Å²) in [5.74, 6) is -1.12. The topological polar surface area (TPSA) is 144 Å². The number of rotatable bonds is 5. The second-order valence-corrected chi connectivity index (χ2v) is 5.43. The number of nitrogens with one attached hydrogen (secondary N) is 2. The van der Waals surface area contributed by atoms with Crippen molar-refractivity contribution in [2.24, 2.45) is 0 Å². The predicted molar refractivity (Wildman–Crippen MR) is 93.5 cm³/mol. The first-order chi connectivity index (χ1) is 12.2. The Kier molecular flexibility index (Phi) is 5.48. The second-order valence-electron chi connectivity index (χ2n) is 5.05. The van der Waals surface area contributed by atoms with E-state index in [1.165, 1.54) is 31.2 Å². The summed E-state index contributed by atoms with van der Waals surface area (Å²) in [4.78, 5) is 43.4. The lowest BCUT2D eigenvalue weighted by atomic mass is 10.1. The lowest BCUT2D eigenvalue weighted by Crippen LogP contribution is -2.14. The van der Waals surface area contributed by atoms with Gasteiger partial charge in [0, 0.05) is 24.4 Å². The third-order valence-electron chi connectivity index (χ3n) is 3.15. The van der Waals surface area contributed by atoms with Gasteiger partial charge in [0.05, 0.1) is 21.5 Å². The number of halogens is 1. The van der Waals surface area contributed by atoms with E-state index >= 15 is 0 Å². The molecule has 0 saturated heterocycles. The summed E-state index contributed by atoms with van der Waals surface area (Å²) >= 11 is 5.85. The minimum absolute atomic E-state index is 0.266. The average molecular weight is 379 g/mol. The number of hydrogen-bond acceptors (Lipinski definition) is 6. The van der Waals surface area contributed by atoms with Crippen LogP contribution in [0.4, 0.5) is 22.7 Å². The molecule has 2 rings (SSSR count). The van der Waals surface area contributed by atoms with Gasteiger partial charge in [-0.1, -0.05) is 11.6 Å². The molecule has 0 aliphatic heterocycles. The van der Waals surface area contributed by atoms with E-state index in [1.807, 2.05) is 0 Å². The third kappa shape index (κ3) is 4.30. The van der Waals surface area contributed by atoms with Crippen LogP contribution in [0.2, 0.25) is 5.02 Å². The van der Waals surface area contributed by atoms with E-state index in [4.69, 9.17) is 11.6 Å². The van der Waals surface area contributed by atoms with Gasteiger partial charge in [0.15, 0.2) is 0 Å². The Morgan fingerprint density at radius 3 is 1.96 bits per heavy atom. The minimum Gasteiger partial charge on any atom is -0.326 e. The molecule has 0 aliphatic rings. The quantitative estimate of drug-likeness (QED) is 0.602. The Bertz CT molecular complexity index is 913. The molecule has 0 radical (unpaired) electrons. The average Bonchev–Trinajstić information content (AvgIpc) is 2.55. The molecule has 0 aliphatic carbocycles. The van der Waals surface area contributed by atoms with E-state index in [0.29, 0.717) is 17.4 Å². The van der Waals surface area contributed by atoms with Crippen LogP contribution in [0.1, 0.15) is 17.3 Å². The standard InChI is InChI=1S/C15H11ClN4O6/c1-8(21)17-9-2-4-10(5-3-9)18-15(22)12-6-11(19(23)24)7-13(14(12)16)20(25)26/h2-7H,1H3,(H,17,21)(H,18,22). The maximum absolute atomic E-state index is 12.3. The van der Waals surface area contributed by atoms with E-state index in [1.54, 1.807) is 0 Å². The fraction of sp³-hybridized carbons (Fsp3) is 0.0667. The van der Waals surface area contributed by atoms with Gasteiger partial charge in [-0.15, -0.1) is 0 Å². The van der Waals surface area contributed by atoms with Crippen molar-refractivity contribution in [2.75, 3.05) is 10.6 Å². The van der Waals surface area contributed by atoms with E-state index in [9.17, 15) is 29.8 Å². The van der Waals surface area contributed by atoms with Crippen LogP contribution in [0.25, 0.3) is 0 Å². The van der Waals surface area contributed by atoms with Gasteiger partial charge >= 0.3 is 0 Å². The van der Waals surface area contributed by atoms with Crippen LogP contribution in [-0.2, 0) is 4.79 Å². The maximum atomic E-state index is 12.3. The van der Waals surface area contributed by atoms with E-state index in [-0.39, 0.29) is 5.91 Å². The number of nitro groups is 2. The second kappa shape index (κ2) is 7.57.